The molecule has 0 radical (unpaired) electrons. The lowest BCUT2D eigenvalue weighted by molar-refractivity contribution is -0.140. The van der Waals surface area contributed by atoms with Crippen LogP contribution in [0.4, 0.5) is 4.79 Å². The lowest BCUT2D eigenvalue weighted by Gasteiger charge is -2.38. The molecule has 4 atom stereocenters. The van der Waals surface area contributed by atoms with E-state index in [0.29, 0.717) is 6.54 Å². The number of hydrogen-bond donors (Lipinski definition) is 2. The zero-order chi connectivity index (χ0) is 18.1. The Balaban J connectivity index is 1.27. The number of nitrogens with zero attached hydrogens (tertiary/aromatic N) is 1. The number of allylic oxidation sites excluding steroid dienone is 2. The maximum Gasteiger partial charge on any atom is 0.315 e. The minimum absolute atomic E-state index is 0.0643. The van der Waals surface area contributed by atoms with Gasteiger partial charge in [-0.1, -0.05) is 42.5 Å². The van der Waals surface area contributed by atoms with E-state index in [1.54, 1.807) is 0 Å². The first kappa shape index (κ1) is 16.8. The molecule has 1 saturated heterocycles. The summed E-state index contributed by atoms with van der Waals surface area (Å²) in [5.41, 5.74) is 1.01. The number of likely N-dealkylation sites (tertiary alicyclic amines) is 1. The largest absolute Gasteiger partial charge is 0.336 e. The Bertz CT molecular complexity index is 714. The summed E-state index contributed by atoms with van der Waals surface area (Å²) in [6.45, 7) is 0.941. The Morgan fingerprint density at radius 1 is 0.962 bits per heavy atom. The molecule has 2 bridgehead atoms. The van der Waals surface area contributed by atoms with Gasteiger partial charge in [0.05, 0.1) is 11.8 Å². The molecule has 1 saturated carbocycles. The van der Waals surface area contributed by atoms with Crippen LogP contribution in [0.2, 0.25) is 0 Å². The number of nitrogens with one attached hydrogen (secondary N) is 2. The van der Waals surface area contributed by atoms with Crippen LogP contribution in [0.5, 0.6) is 0 Å². The number of urea groups is 1. The highest BCUT2D eigenvalue weighted by Crippen LogP contribution is 2.49. The zero-order valence-electron chi connectivity index (χ0n) is 14.6. The van der Waals surface area contributed by atoms with Gasteiger partial charge in [-0.2, -0.15) is 0 Å². The van der Waals surface area contributed by atoms with Crippen LogP contribution in [0.15, 0.2) is 42.5 Å². The summed E-state index contributed by atoms with van der Waals surface area (Å²) in [6.07, 6.45) is 6.21. The Hall–Kier alpha value is -2.63. The molecule has 2 fully saturated rings. The van der Waals surface area contributed by atoms with Gasteiger partial charge < -0.3 is 10.6 Å². The van der Waals surface area contributed by atoms with Gasteiger partial charge in [0.25, 0.3) is 0 Å². The van der Waals surface area contributed by atoms with Gasteiger partial charge in [0.1, 0.15) is 0 Å². The first-order chi connectivity index (χ1) is 12.6. The van der Waals surface area contributed by atoms with E-state index in [0.717, 1.165) is 18.4 Å². The van der Waals surface area contributed by atoms with Crippen LogP contribution in [0, 0.1) is 23.7 Å². The Morgan fingerprint density at radius 3 is 2.15 bits per heavy atom. The molecule has 6 nitrogen and oxygen atoms in total. The number of fused-ring (bicyclic) bond motifs is 1. The van der Waals surface area contributed by atoms with Crippen LogP contribution in [0.3, 0.4) is 0 Å². The number of benzene rings is 1. The summed E-state index contributed by atoms with van der Waals surface area (Å²) in [5, 5.41) is 5.50. The molecular formula is C20H23N3O3. The second kappa shape index (κ2) is 6.94. The molecule has 1 aromatic carbocycles. The van der Waals surface area contributed by atoms with E-state index in [4.69, 9.17) is 0 Å². The summed E-state index contributed by atoms with van der Waals surface area (Å²) in [7, 11) is 0. The molecule has 136 valence electrons. The fourth-order valence-corrected chi connectivity index (χ4v) is 4.48. The minimum atomic E-state index is -0.299. The summed E-state index contributed by atoms with van der Waals surface area (Å²) < 4.78 is 0. The van der Waals surface area contributed by atoms with Crippen molar-refractivity contribution >= 4 is 17.8 Å². The number of rotatable bonds is 5. The predicted octanol–water partition coefficient (Wildman–Crippen LogP) is 1.68. The van der Waals surface area contributed by atoms with Crippen LogP contribution in [-0.2, 0) is 16.1 Å². The number of hydrogen-bond acceptors (Lipinski definition) is 3. The quantitative estimate of drug-likeness (QED) is 0.624. The summed E-state index contributed by atoms with van der Waals surface area (Å²) in [4.78, 5) is 38.6. The molecule has 6 heteroatoms. The maximum absolute atomic E-state index is 12.7. The van der Waals surface area contributed by atoms with E-state index in [-0.39, 0.29) is 54.6 Å². The fourth-order valence-electron chi connectivity index (χ4n) is 4.48. The van der Waals surface area contributed by atoms with Gasteiger partial charge in [0.15, 0.2) is 0 Å². The standard InChI is InChI=1S/C20H23N3O3/c24-18-16-14-6-7-15(9-8-14)17(16)19(25)23(18)11-10-21-20(26)22-12-13-4-2-1-3-5-13/h1-7,14-17H,8-12H2,(H2,21,22,26)/t14-,15-,16+,17+/m0/s1. The highest BCUT2D eigenvalue weighted by Gasteiger charge is 2.56. The molecule has 4 amide bonds. The Morgan fingerprint density at radius 2 is 1.58 bits per heavy atom. The van der Waals surface area contributed by atoms with E-state index in [1.807, 2.05) is 30.3 Å². The topological polar surface area (TPSA) is 78.5 Å². The maximum atomic E-state index is 12.7. The van der Waals surface area contributed by atoms with Crippen LogP contribution in [-0.4, -0.2) is 35.8 Å². The van der Waals surface area contributed by atoms with Crippen molar-refractivity contribution < 1.29 is 14.4 Å². The van der Waals surface area contributed by atoms with Gasteiger partial charge in [-0.15, -0.1) is 0 Å². The van der Waals surface area contributed by atoms with Crippen molar-refractivity contribution in [3.8, 4) is 0 Å². The molecule has 0 aromatic heterocycles. The Kier molecular flexibility index (Phi) is 4.49. The van der Waals surface area contributed by atoms with Crippen LogP contribution < -0.4 is 10.6 Å². The van der Waals surface area contributed by atoms with Crippen LogP contribution in [0.1, 0.15) is 18.4 Å². The normalized spacial score (nSPS) is 29.0. The van der Waals surface area contributed by atoms with Crippen molar-refractivity contribution in [1.82, 2.24) is 15.5 Å². The second-order valence-corrected chi connectivity index (χ2v) is 7.26. The SMILES string of the molecule is O=C(NCCN1C(=O)[C@H]2[C@H](C1=O)[C@H]1C=C[C@H]2CC1)NCc1ccccc1. The van der Waals surface area contributed by atoms with Crippen LogP contribution in [0.25, 0.3) is 0 Å². The lowest BCUT2D eigenvalue weighted by Crippen LogP contribution is -2.42. The van der Waals surface area contributed by atoms with Gasteiger partial charge in [-0.3, -0.25) is 14.5 Å². The molecule has 0 unspecified atom stereocenters. The fraction of sp³-hybridized carbons (Fsp3) is 0.450. The summed E-state index contributed by atoms with van der Waals surface area (Å²) >= 11 is 0. The third-order valence-electron chi connectivity index (χ3n) is 5.77. The molecule has 1 aromatic rings. The molecule has 2 N–H and O–H groups in total. The van der Waals surface area contributed by atoms with Crippen LogP contribution >= 0.6 is 0 Å². The number of amides is 4. The lowest BCUT2D eigenvalue weighted by atomic mass is 9.63. The third kappa shape index (κ3) is 3.00. The van der Waals surface area contributed by atoms with Gasteiger partial charge in [0.2, 0.25) is 11.8 Å². The molecule has 26 heavy (non-hydrogen) atoms. The van der Waals surface area contributed by atoms with Crippen molar-refractivity contribution in [2.75, 3.05) is 13.1 Å². The van der Waals surface area contributed by atoms with Crippen molar-refractivity contribution in [3.63, 3.8) is 0 Å². The van der Waals surface area contributed by atoms with Gasteiger partial charge in [-0.05, 0) is 30.2 Å². The van der Waals surface area contributed by atoms with E-state index in [1.165, 1.54) is 4.90 Å². The zero-order valence-corrected chi connectivity index (χ0v) is 14.6. The van der Waals surface area contributed by atoms with E-state index >= 15 is 0 Å². The predicted molar refractivity (Wildman–Crippen MR) is 95.7 cm³/mol. The highest BCUT2D eigenvalue weighted by molar-refractivity contribution is 6.06. The summed E-state index contributed by atoms with van der Waals surface area (Å²) in [5.74, 6) is -0.0884. The van der Waals surface area contributed by atoms with E-state index < -0.39 is 0 Å². The minimum Gasteiger partial charge on any atom is -0.336 e. The van der Waals surface area contributed by atoms with Gasteiger partial charge in [-0.25, -0.2) is 4.79 Å². The molecule has 0 spiro atoms. The van der Waals surface area contributed by atoms with Gasteiger partial charge >= 0.3 is 6.03 Å². The highest BCUT2D eigenvalue weighted by atomic mass is 16.2. The van der Waals surface area contributed by atoms with Crippen molar-refractivity contribution in [1.29, 1.82) is 0 Å². The Labute approximate surface area is 152 Å². The molecule has 4 aliphatic rings. The first-order valence-corrected chi connectivity index (χ1v) is 9.24. The van der Waals surface area contributed by atoms with Crippen molar-refractivity contribution in [2.45, 2.75) is 19.4 Å². The first-order valence-electron chi connectivity index (χ1n) is 9.24. The molecule has 3 aliphatic carbocycles. The monoisotopic (exact) mass is 353 g/mol. The smallest absolute Gasteiger partial charge is 0.315 e. The van der Waals surface area contributed by atoms with Crippen molar-refractivity contribution in [3.05, 3.63) is 48.0 Å². The average Bonchev–Trinajstić information content (AvgIpc) is 2.95. The number of carbonyl (C=O) groups excluding carboxylic acids is 3. The van der Waals surface area contributed by atoms with Crippen molar-refractivity contribution in [2.24, 2.45) is 23.7 Å². The molecule has 1 aliphatic heterocycles. The van der Waals surface area contributed by atoms with E-state index in [9.17, 15) is 14.4 Å². The molecule has 1 heterocycles. The number of imide groups is 1. The second-order valence-electron chi connectivity index (χ2n) is 7.26. The third-order valence-corrected chi connectivity index (χ3v) is 5.77. The molecule has 5 rings (SSSR count). The average molecular weight is 353 g/mol. The van der Waals surface area contributed by atoms with Gasteiger partial charge in [0, 0.05) is 19.6 Å². The summed E-state index contributed by atoms with van der Waals surface area (Å²) in [6, 6.07) is 9.33. The molecular weight excluding hydrogens is 330 g/mol. The number of carbonyl (C=O) groups is 3. The van der Waals surface area contributed by atoms with E-state index in [2.05, 4.69) is 22.8 Å².